The van der Waals surface area contributed by atoms with Gasteiger partial charge >= 0.3 is 5.97 Å². The Hall–Kier alpha value is -2.73. The molecule has 6 nitrogen and oxygen atoms in total. The highest BCUT2D eigenvalue weighted by Crippen LogP contribution is 2.12. The number of benzene rings is 1. The highest BCUT2D eigenvalue weighted by atomic mass is 35.5. The van der Waals surface area contributed by atoms with Gasteiger partial charge in [0, 0.05) is 23.9 Å². The van der Waals surface area contributed by atoms with E-state index in [0.29, 0.717) is 17.7 Å². The Morgan fingerprint density at radius 3 is 2.31 bits per heavy atom. The van der Waals surface area contributed by atoms with Crippen LogP contribution < -0.4 is 5.32 Å². The lowest BCUT2D eigenvalue weighted by Gasteiger charge is -2.08. The summed E-state index contributed by atoms with van der Waals surface area (Å²) in [6.07, 6.45) is 1.71. The number of nitrogens with zero attached hydrogens (tertiary/aromatic N) is 1. The summed E-state index contributed by atoms with van der Waals surface area (Å²) in [5.74, 6) is -0.814. The second kappa shape index (κ2) is 9.10. The predicted molar refractivity (Wildman–Crippen MR) is 98.4 cm³/mol. The molecule has 0 radical (unpaired) electrons. The van der Waals surface area contributed by atoms with Crippen molar-refractivity contribution in [2.75, 3.05) is 11.9 Å². The van der Waals surface area contributed by atoms with Crippen LogP contribution in [0.1, 0.15) is 41.0 Å². The summed E-state index contributed by atoms with van der Waals surface area (Å²) in [5.41, 5.74) is 1.20. The second-order valence-electron chi connectivity index (χ2n) is 6.09. The average molecular weight is 375 g/mol. The van der Waals surface area contributed by atoms with E-state index in [-0.39, 0.29) is 34.9 Å². The smallest absolute Gasteiger partial charge is 0.340 e. The van der Waals surface area contributed by atoms with Crippen molar-refractivity contribution < 1.29 is 19.1 Å². The lowest BCUT2D eigenvalue weighted by atomic mass is 10.1. The van der Waals surface area contributed by atoms with Crippen LogP contribution in [-0.2, 0) is 9.53 Å². The number of ketones is 1. The monoisotopic (exact) mass is 374 g/mol. The quantitative estimate of drug-likeness (QED) is 0.453. The van der Waals surface area contributed by atoms with E-state index in [1.54, 1.807) is 24.3 Å². The molecule has 0 unspecified atom stereocenters. The Morgan fingerprint density at radius 2 is 1.73 bits per heavy atom. The molecule has 0 fully saturated rings. The van der Waals surface area contributed by atoms with Gasteiger partial charge in [0.25, 0.3) is 0 Å². The summed E-state index contributed by atoms with van der Waals surface area (Å²) in [7, 11) is 0. The van der Waals surface area contributed by atoms with E-state index in [4.69, 9.17) is 16.3 Å². The third-order valence-electron chi connectivity index (χ3n) is 3.38. The van der Waals surface area contributed by atoms with E-state index >= 15 is 0 Å². The normalized spacial score (nSPS) is 10.5. The number of carbonyl (C=O) groups excluding carboxylic acids is 3. The molecule has 0 aliphatic heterocycles. The number of anilines is 1. The van der Waals surface area contributed by atoms with Gasteiger partial charge in [-0.3, -0.25) is 9.59 Å². The second-order valence-corrected chi connectivity index (χ2v) is 6.48. The lowest BCUT2D eigenvalue weighted by Crippen LogP contribution is -2.15. The fourth-order valence-corrected chi connectivity index (χ4v) is 2.23. The van der Waals surface area contributed by atoms with Gasteiger partial charge in [0.2, 0.25) is 5.91 Å². The molecule has 1 heterocycles. The number of rotatable bonds is 7. The summed E-state index contributed by atoms with van der Waals surface area (Å²) < 4.78 is 4.98. The molecule has 136 valence electrons. The van der Waals surface area contributed by atoms with Crippen molar-refractivity contribution in [2.24, 2.45) is 5.92 Å². The van der Waals surface area contributed by atoms with Gasteiger partial charge in [-0.2, -0.15) is 0 Å². The fourth-order valence-electron chi connectivity index (χ4n) is 2.12. The van der Waals surface area contributed by atoms with Crippen LogP contribution in [0.3, 0.4) is 0 Å². The molecule has 2 rings (SSSR count). The summed E-state index contributed by atoms with van der Waals surface area (Å²) >= 11 is 5.65. The van der Waals surface area contributed by atoms with Gasteiger partial charge in [0.1, 0.15) is 5.15 Å². The first-order valence-electron chi connectivity index (χ1n) is 8.07. The van der Waals surface area contributed by atoms with E-state index in [1.165, 1.54) is 18.3 Å². The van der Waals surface area contributed by atoms with Crippen LogP contribution in [0.15, 0.2) is 42.6 Å². The number of esters is 1. The number of amides is 1. The zero-order chi connectivity index (χ0) is 19.1. The SMILES string of the molecule is CC(C)CC(=O)Nc1ccc(C(=O)COC(=O)c2ccc(Cl)nc2)cc1. The van der Waals surface area contributed by atoms with Crippen LogP contribution in [0, 0.1) is 5.92 Å². The van der Waals surface area contributed by atoms with E-state index in [1.807, 2.05) is 13.8 Å². The van der Waals surface area contributed by atoms with Crippen LogP contribution in [0.4, 0.5) is 5.69 Å². The molecule has 0 atom stereocenters. The van der Waals surface area contributed by atoms with Crippen LogP contribution in [-0.4, -0.2) is 29.3 Å². The number of hydrogen-bond donors (Lipinski definition) is 1. The summed E-state index contributed by atoms with van der Waals surface area (Å²) in [6.45, 7) is 3.53. The highest BCUT2D eigenvalue weighted by Gasteiger charge is 2.13. The van der Waals surface area contributed by atoms with E-state index in [9.17, 15) is 14.4 Å². The van der Waals surface area contributed by atoms with Crippen LogP contribution >= 0.6 is 11.6 Å². The molecule has 1 aromatic carbocycles. The molecule has 0 bridgehead atoms. The van der Waals surface area contributed by atoms with E-state index < -0.39 is 5.97 Å². The zero-order valence-corrected chi connectivity index (χ0v) is 15.2. The Balaban J connectivity index is 1.88. The number of ether oxygens (including phenoxy) is 1. The molecule has 1 amide bonds. The Kier molecular flexibility index (Phi) is 6.86. The minimum atomic E-state index is -0.653. The van der Waals surface area contributed by atoms with Crippen molar-refractivity contribution >= 4 is 34.9 Å². The molecule has 1 N–H and O–H groups in total. The van der Waals surface area contributed by atoms with E-state index in [0.717, 1.165) is 0 Å². The van der Waals surface area contributed by atoms with Crippen molar-refractivity contribution in [3.05, 3.63) is 58.9 Å². The van der Waals surface area contributed by atoms with Crippen LogP contribution in [0.5, 0.6) is 0 Å². The number of hydrogen-bond acceptors (Lipinski definition) is 5. The molecule has 1 aromatic heterocycles. The molecule has 0 aliphatic rings. The van der Waals surface area contributed by atoms with Crippen molar-refractivity contribution in [2.45, 2.75) is 20.3 Å². The summed E-state index contributed by atoms with van der Waals surface area (Å²) in [4.78, 5) is 39.5. The van der Waals surface area contributed by atoms with Gasteiger partial charge in [-0.25, -0.2) is 9.78 Å². The number of halogens is 1. The fraction of sp³-hybridized carbons (Fsp3) is 0.263. The van der Waals surface area contributed by atoms with Crippen molar-refractivity contribution in [3.8, 4) is 0 Å². The average Bonchev–Trinajstić information content (AvgIpc) is 2.60. The van der Waals surface area contributed by atoms with Gasteiger partial charge in [0.15, 0.2) is 12.4 Å². The number of carbonyl (C=O) groups is 3. The molecule has 26 heavy (non-hydrogen) atoms. The molecule has 0 spiro atoms. The largest absolute Gasteiger partial charge is 0.454 e. The third-order valence-corrected chi connectivity index (χ3v) is 3.61. The van der Waals surface area contributed by atoms with Gasteiger partial charge in [-0.05, 0) is 42.3 Å². The molecule has 2 aromatic rings. The molecular formula is C19H19ClN2O4. The minimum absolute atomic E-state index is 0.0791. The van der Waals surface area contributed by atoms with Gasteiger partial charge < -0.3 is 10.1 Å². The maximum Gasteiger partial charge on any atom is 0.340 e. The first-order valence-corrected chi connectivity index (χ1v) is 8.44. The molecule has 7 heteroatoms. The number of pyridine rings is 1. The van der Waals surface area contributed by atoms with Crippen molar-refractivity contribution in [1.82, 2.24) is 4.98 Å². The Bertz CT molecular complexity index is 786. The maximum absolute atomic E-state index is 12.1. The summed E-state index contributed by atoms with van der Waals surface area (Å²) in [6, 6.07) is 9.35. The third kappa shape index (κ3) is 5.97. The van der Waals surface area contributed by atoms with Crippen molar-refractivity contribution in [1.29, 1.82) is 0 Å². The molecule has 0 aliphatic carbocycles. The molecule has 0 saturated heterocycles. The predicted octanol–water partition coefficient (Wildman–Crippen LogP) is 3.76. The van der Waals surface area contributed by atoms with Gasteiger partial charge in [-0.15, -0.1) is 0 Å². The zero-order valence-electron chi connectivity index (χ0n) is 14.5. The minimum Gasteiger partial charge on any atom is -0.454 e. The Morgan fingerprint density at radius 1 is 1.08 bits per heavy atom. The van der Waals surface area contributed by atoms with Gasteiger partial charge in [-0.1, -0.05) is 25.4 Å². The summed E-state index contributed by atoms with van der Waals surface area (Å²) in [5, 5.41) is 3.02. The number of Topliss-reactive ketones (excluding diaryl/α,β-unsaturated/α-hetero) is 1. The van der Waals surface area contributed by atoms with Crippen LogP contribution in [0.25, 0.3) is 0 Å². The first kappa shape index (κ1) is 19.6. The first-order chi connectivity index (χ1) is 12.3. The molecule has 0 saturated carbocycles. The highest BCUT2D eigenvalue weighted by molar-refractivity contribution is 6.29. The number of nitrogens with one attached hydrogen (secondary N) is 1. The van der Waals surface area contributed by atoms with Crippen molar-refractivity contribution in [3.63, 3.8) is 0 Å². The number of aromatic nitrogens is 1. The topological polar surface area (TPSA) is 85.4 Å². The lowest BCUT2D eigenvalue weighted by molar-refractivity contribution is -0.116. The Labute approximate surface area is 156 Å². The van der Waals surface area contributed by atoms with Gasteiger partial charge in [0.05, 0.1) is 5.56 Å². The molecular weight excluding hydrogens is 356 g/mol. The maximum atomic E-state index is 12.1. The van der Waals surface area contributed by atoms with E-state index in [2.05, 4.69) is 10.3 Å². The van der Waals surface area contributed by atoms with Crippen LogP contribution in [0.2, 0.25) is 5.15 Å². The standard InChI is InChI=1S/C19H19ClN2O4/c1-12(2)9-18(24)22-15-6-3-13(4-7-15)16(23)11-26-19(25)14-5-8-17(20)21-10-14/h3-8,10,12H,9,11H2,1-2H3,(H,22,24).